The molecule has 0 aromatic carbocycles. The Morgan fingerprint density at radius 1 is 0.867 bits per heavy atom. The van der Waals surface area contributed by atoms with E-state index in [2.05, 4.69) is 0 Å². The highest BCUT2D eigenvalue weighted by molar-refractivity contribution is 8.10. The predicted molar refractivity (Wildman–Crippen MR) is 64.3 cm³/mol. The lowest BCUT2D eigenvalue weighted by molar-refractivity contribution is 0.543. The molecule has 0 aromatic heterocycles. The van der Waals surface area contributed by atoms with E-state index in [-0.39, 0.29) is 25.4 Å². The van der Waals surface area contributed by atoms with Crippen molar-refractivity contribution in [1.29, 1.82) is 0 Å². The van der Waals surface area contributed by atoms with Crippen LogP contribution in [0.5, 0.6) is 0 Å². The third kappa shape index (κ3) is 2.72. The molecule has 0 aliphatic heterocycles. The van der Waals surface area contributed by atoms with Gasteiger partial charge in [-0.15, -0.1) is 0 Å². The van der Waals surface area contributed by atoms with Gasteiger partial charge < -0.3 is 0 Å². The molecule has 0 aliphatic rings. The van der Waals surface area contributed by atoms with E-state index in [1.54, 1.807) is 6.92 Å². The van der Waals surface area contributed by atoms with E-state index in [1.807, 2.05) is 0 Å². The van der Waals surface area contributed by atoms with E-state index in [0.717, 1.165) is 0 Å². The standard InChI is InChI=1S/C8H18O4S2.CH4/c1-5-8(4,13(9,10)6-2)14(11,12)7-3;/h5-7H2,1-4H3;1H4. The van der Waals surface area contributed by atoms with E-state index in [1.165, 1.54) is 20.8 Å². The van der Waals surface area contributed by atoms with Crippen LogP contribution >= 0.6 is 0 Å². The second kappa shape index (κ2) is 5.30. The fourth-order valence-corrected chi connectivity index (χ4v) is 5.60. The normalized spacial score (nSPS) is 13.3. The molecule has 0 unspecified atom stereocenters. The molecule has 0 aliphatic carbocycles. The lowest BCUT2D eigenvalue weighted by Gasteiger charge is -2.26. The van der Waals surface area contributed by atoms with E-state index in [9.17, 15) is 16.8 Å². The van der Waals surface area contributed by atoms with Crippen molar-refractivity contribution in [2.75, 3.05) is 11.5 Å². The highest BCUT2D eigenvalue weighted by Gasteiger charge is 2.47. The van der Waals surface area contributed by atoms with Crippen LogP contribution in [0.3, 0.4) is 0 Å². The summed E-state index contributed by atoms with van der Waals surface area (Å²) in [6.07, 6.45) is 0.0966. The van der Waals surface area contributed by atoms with Crippen LogP contribution < -0.4 is 0 Å². The largest absolute Gasteiger partial charge is 0.227 e. The minimum atomic E-state index is -3.57. The summed E-state index contributed by atoms with van der Waals surface area (Å²) < 4.78 is 45.1. The van der Waals surface area contributed by atoms with Crippen LogP contribution in [-0.2, 0) is 19.7 Å². The minimum Gasteiger partial charge on any atom is -0.227 e. The van der Waals surface area contributed by atoms with E-state index in [4.69, 9.17) is 0 Å². The molecule has 0 bridgehead atoms. The monoisotopic (exact) mass is 258 g/mol. The molecule has 94 valence electrons. The molecule has 15 heavy (non-hydrogen) atoms. The second-order valence-electron chi connectivity index (χ2n) is 3.29. The van der Waals surface area contributed by atoms with Crippen molar-refractivity contribution >= 4 is 19.7 Å². The highest BCUT2D eigenvalue weighted by atomic mass is 32.3. The fourth-order valence-electron chi connectivity index (χ4n) is 1.24. The maximum Gasteiger partial charge on any atom is 0.170 e. The first kappa shape index (κ1) is 17.3. The van der Waals surface area contributed by atoms with Crippen LogP contribution in [0.4, 0.5) is 0 Å². The first-order valence-electron chi connectivity index (χ1n) is 4.63. The van der Waals surface area contributed by atoms with Gasteiger partial charge in [-0.3, -0.25) is 0 Å². The molecule has 0 saturated carbocycles. The van der Waals surface area contributed by atoms with Gasteiger partial charge in [0.25, 0.3) is 0 Å². The average Bonchev–Trinajstić information content (AvgIpc) is 2.15. The zero-order valence-electron chi connectivity index (χ0n) is 9.07. The Kier molecular flexibility index (Phi) is 6.11. The van der Waals surface area contributed by atoms with Crippen molar-refractivity contribution in [2.45, 2.75) is 45.6 Å². The molecular formula is C9H22O4S2. The maximum atomic E-state index is 11.7. The summed E-state index contributed by atoms with van der Waals surface area (Å²) in [4.78, 5) is 0. The topological polar surface area (TPSA) is 68.3 Å². The molecule has 0 heterocycles. The van der Waals surface area contributed by atoms with Crippen LogP contribution in [0.25, 0.3) is 0 Å². The van der Waals surface area contributed by atoms with Crippen LogP contribution in [0.15, 0.2) is 0 Å². The third-order valence-electron chi connectivity index (χ3n) is 2.72. The molecule has 4 nitrogen and oxygen atoms in total. The number of rotatable bonds is 5. The summed E-state index contributed by atoms with van der Waals surface area (Å²) in [6, 6.07) is 0. The predicted octanol–water partition coefficient (Wildman–Crippen LogP) is 1.62. The van der Waals surface area contributed by atoms with Gasteiger partial charge >= 0.3 is 0 Å². The first-order valence-corrected chi connectivity index (χ1v) is 7.93. The summed E-state index contributed by atoms with van der Waals surface area (Å²) >= 11 is 0. The van der Waals surface area contributed by atoms with Gasteiger partial charge in [0.15, 0.2) is 23.8 Å². The molecular weight excluding hydrogens is 236 g/mol. The van der Waals surface area contributed by atoms with Crippen LogP contribution in [-0.4, -0.2) is 32.4 Å². The summed E-state index contributed by atoms with van der Waals surface area (Å²) in [5.41, 5.74) is 0. The van der Waals surface area contributed by atoms with Crippen LogP contribution in [0, 0.1) is 0 Å². The number of hydrogen-bond acceptors (Lipinski definition) is 4. The molecule has 0 rings (SSSR count). The van der Waals surface area contributed by atoms with Gasteiger partial charge in [0.05, 0.1) is 0 Å². The summed E-state index contributed by atoms with van der Waals surface area (Å²) in [7, 11) is -7.14. The highest BCUT2D eigenvalue weighted by Crippen LogP contribution is 2.29. The summed E-state index contributed by atoms with van der Waals surface area (Å²) in [6.45, 7) is 5.81. The van der Waals surface area contributed by atoms with Crippen molar-refractivity contribution < 1.29 is 16.8 Å². The Balaban J connectivity index is 0. The van der Waals surface area contributed by atoms with Gasteiger partial charge in [-0.05, 0) is 13.3 Å². The van der Waals surface area contributed by atoms with Gasteiger partial charge in [0.2, 0.25) is 0 Å². The second-order valence-corrected chi connectivity index (χ2v) is 8.97. The Morgan fingerprint density at radius 2 is 1.13 bits per heavy atom. The van der Waals surface area contributed by atoms with Crippen molar-refractivity contribution in [3.05, 3.63) is 0 Å². The van der Waals surface area contributed by atoms with Crippen LogP contribution in [0.1, 0.15) is 41.5 Å². The van der Waals surface area contributed by atoms with E-state index < -0.39 is 23.8 Å². The van der Waals surface area contributed by atoms with E-state index >= 15 is 0 Å². The molecule has 0 atom stereocenters. The Bertz CT molecular complexity index is 344. The zero-order valence-corrected chi connectivity index (χ0v) is 10.7. The van der Waals surface area contributed by atoms with Gasteiger partial charge in [-0.25, -0.2) is 16.8 Å². The van der Waals surface area contributed by atoms with Gasteiger partial charge in [-0.1, -0.05) is 28.2 Å². The molecule has 0 N–H and O–H groups in total. The van der Waals surface area contributed by atoms with Crippen molar-refractivity contribution in [3.8, 4) is 0 Å². The van der Waals surface area contributed by atoms with Crippen molar-refractivity contribution in [3.63, 3.8) is 0 Å². The van der Waals surface area contributed by atoms with Gasteiger partial charge in [0.1, 0.15) is 0 Å². The first-order chi connectivity index (χ1) is 6.18. The molecule has 0 radical (unpaired) electrons. The van der Waals surface area contributed by atoms with Gasteiger partial charge in [0, 0.05) is 11.5 Å². The van der Waals surface area contributed by atoms with Crippen molar-refractivity contribution in [1.82, 2.24) is 0 Å². The lowest BCUT2D eigenvalue weighted by Crippen LogP contribution is -2.44. The van der Waals surface area contributed by atoms with Crippen LogP contribution in [0.2, 0.25) is 0 Å². The molecule has 0 fully saturated rings. The Labute approximate surface area is 93.9 Å². The maximum absolute atomic E-state index is 11.7. The Hall–Kier alpha value is -0.100. The number of sulfone groups is 2. The fraction of sp³-hybridized carbons (Fsp3) is 1.00. The number of hydrogen-bond donors (Lipinski definition) is 0. The Morgan fingerprint density at radius 3 is 1.27 bits per heavy atom. The third-order valence-corrected chi connectivity index (χ3v) is 8.97. The smallest absolute Gasteiger partial charge is 0.170 e. The van der Waals surface area contributed by atoms with Gasteiger partial charge in [-0.2, -0.15) is 0 Å². The summed E-state index contributed by atoms with van der Waals surface area (Å²) in [5, 5.41) is 0. The molecule has 0 amide bonds. The molecule has 0 saturated heterocycles. The minimum absolute atomic E-state index is 0. The zero-order chi connectivity index (χ0) is 11.6. The van der Waals surface area contributed by atoms with E-state index in [0.29, 0.717) is 0 Å². The molecule has 0 aromatic rings. The molecule has 0 spiro atoms. The van der Waals surface area contributed by atoms with Crippen molar-refractivity contribution in [2.24, 2.45) is 0 Å². The quantitative estimate of drug-likeness (QED) is 0.751. The molecule has 6 heteroatoms. The lowest BCUT2D eigenvalue weighted by atomic mass is 10.4. The SMILES string of the molecule is C.CCC(C)(S(=O)(=O)CC)S(=O)(=O)CC. The summed E-state index contributed by atoms with van der Waals surface area (Å²) in [5.74, 6) is -0.285. The average molecular weight is 258 g/mol.